The molecule has 2 aliphatic heterocycles. The summed E-state index contributed by atoms with van der Waals surface area (Å²) in [6.45, 7) is 8.69. The second-order valence-electron chi connectivity index (χ2n) is 7.57. The van der Waals surface area contributed by atoms with Crippen LogP contribution in [0.5, 0.6) is 0 Å². The van der Waals surface area contributed by atoms with Crippen molar-refractivity contribution in [3.05, 3.63) is 34.2 Å². The fourth-order valence-corrected chi connectivity index (χ4v) is 4.44. The standard InChI is InChI=1S/C18H26N4O/c1-13-3-4-16-15(11-13)20-17(23)22(16)21-9-5-14(6-10-21)18(2)7-8-19-12-18/h3-4,11,14,19H,5-10,12H2,1-2H3,(H,20,23). The first-order valence-electron chi connectivity index (χ1n) is 8.74. The molecule has 1 unspecified atom stereocenters. The molecule has 0 saturated carbocycles. The van der Waals surface area contributed by atoms with Crippen LogP contribution in [0.1, 0.15) is 31.7 Å². The summed E-state index contributed by atoms with van der Waals surface area (Å²) < 4.78 is 1.85. The molecular weight excluding hydrogens is 288 g/mol. The van der Waals surface area contributed by atoms with Crippen LogP contribution in [0, 0.1) is 18.3 Å². The summed E-state index contributed by atoms with van der Waals surface area (Å²) in [4.78, 5) is 15.4. The zero-order valence-electron chi connectivity index (χ0n) is 14.1. The molecule has 5 nitrogen and oxygen atoms in total. The molecule has 2 fully saturated rings. The average molecular weight is 314 g/mol. The third-order valence-corrected chi connectivity index (χ3v) is 5.96. The summed E-state index contributed by atoms with van der Waals surface area (Å²) in [7, 11) is 0. The number of imidazole rings is 1. The Hall–Kier alpha value is -1.75. The zero-order chi connectivity index (χ0) is 16.0. The summed E-state index contributed by atoms with van der Waals surface area (Å²) in [5.74, 6) is 0.761. The van der Waals surface area contributed by atoms with Gasteiger partial charge in [0, 0.05) is 19.6 Å². The quantitative estimate of drug-likeness (QED) is 0.891. The van der Waals surface area contributed by atoms with Gasteiger partial charge in [0.1, 0.15) is 0 Å². The van der Waals surface area contributed by atoms with E-state index in [0.29, 0.717) is 5.41 Å². The zero-order valence-corrected chi connectivity index (χ0v) is 14.1. The van der Waals surface area contributed by atoms with Crippen molar-refractivity contribution >= 4 is 11.0 Å². The molecule has 1 aromatic heterocycles. The van der Waals surface area contributed by atoms with Gasteiger partial charge in [-0.1, -0.05) is 13.0 Å². The summed E-state index contributed by atoms with van der Waals surface area (Å²) in [5, 5.41) is 5.73. The third-order valence-electron chi connectivity index (χ3n) is 5.96. The van der Waals surface area contributed by atoms with Gasteiger partial charge >= 0.3 is 5.69 Å². The van der Waals surface area contributed by atoms with Crippen molar-refractivity contribution in [2.45, 2.75) is 33.1 Å². The SMILES string of the molecule is Cc1ccc2c(c1)[nH]c(=O)n2N1CCC(C2(C)CCNC2)CC1. The molecular formula is C18H26N4O. The van der Waals surface area contributed by atoms with Gasteiger partial charge in [-0.15, -0.1) is 0 Å². The number of nitrogens with one attached hydrogen (secondary N) is 2. The van der Waals surface area contributed by atoms with Crippen LogP contribution >= 0.6 is 0 Å². The minimum absolute atomic E-state index is 0.0159. The molecule has 2 aliphatic rings. The lowest BCUT2D eigenvalue weighted by Gasteiger charge is -2.41. The highest BCUT2D eigenvalue weighted by atomic mass is 16.2. The van der Waals surface area contributed by atoms with Crippen LogP contribution in [0.4, 0.5) is 0 Å². The molecule has 4 rings (SSSR count). The molecule has 0 radical (unpaired) electrons. The minimum atomic E-state index is -0.0159. The maximum Gasteiger partial charge on any atom is 0.345 e. The van der Waals surface area contributed by atoms with Crippen LogP contribution in [0.25, 0.3) is 11.0 Å². The lowest BCUT2D eigenvalue weighted by atomic mass is 9.72. The number of aryl methyl sites for hydroxylation is 1. The molecule has 1 aromatic carbocycles. The number of benzene rings is 1. The summed E-state index contributed by atoms with van der Waals surface area (Å²) >= 11 is 0. The predicted molar refractivity (Wildman–Crippen MR) is 93.6 cm³/mol. The van der Waals surface area contributed by atoms with Gasteiger partial charge in [-0.2, -0.15) is 0 Å². The van der Waals surface area contributed by atoms with E-state index in [4.69, 9.17) is 0 Å². The molecule has 2 saturated heterocycles. The van der Waals surface area contributed by atoms with Crippen LogP contribution in [0.3, 0.4) is 0 Å². The Morgan fingerprint density at radius 1 is 1.26 bits per heavy atom. The van der Waals surface area contributed by atoms with Crippen molar-refractivity contribution in [3.63, 3.8) is 0 Å². The van der Waals surface area contributed by atoms with Crippen molar-refractivity contribution in [1.82, 2.24) is 15.0 Å². The monoisotopic (exact) mass is 314 g/mol. The Bertz CT molecular complexity index is 761. The lowest BCUT2D eigenvalue weighted by molar-refractivity contribution is 0.167. The number of nitrogens with zero attached hydrogens (tertiary/aromatic N) is 2. The smallest absolute Gasteiger partial charge is 0.316 e. The normalized spacial score (nSPS) is 26.3. The van der Waals surface area contributed by atoms with Crippen LogP contribution < -0.4 is 16.0 Å². The first-order valence-corrected chi connectivity index (χ1v) is 8.74. The van der Waals surface area contributed by atoms with Gasteiger partial charge in [-0.25, -0.2) is 9.47 Å². The van der Waals surface area contributed by atoms with Crippen molar-refractivity contribution in [2.75, 3.05) is 31.2 Å². The molecule has 1 atom stereocenters. The number of aromatic nitrogens is 2. The van der Waals surface area contributed by atoms with Crippen LogP contribution in [0.2, 0.25) is 0 Å². The van der Waals surface area contributed by atoms with E-state index in [1.165, 1.54) is 24.8 Å². The van der Waals surface area contributed by atoms with Gasteiger partial charge in [-0.05, 0) is 61.8 Å². The summed E-state index contributed by atoms with van der Waals surface area (Å²) in [6, 6.07) is 6.17. The van der Waals surface area contributed by atoms with E-state index >= 15 is 0 Å². The Kier molecular flexibility index (Phi) is 3.48. The summed E-state index contributed by atoms with van der Waals surface area (Å²) in [5.41, 5.74) is 3.52. The fourth-order valence-electron chi connectivity index (χ4n) is 4.44. The molecule has 0 amide bonds. The van der Waals surface area contributed by atoms with Crippen molar-refractivity contribution in [2.24, 2.45) is 11.3 Å². The predicted octanol–water partition coefficient (Wildman–Crippen LogP) is 1.99. The second kappa shape index (κ2) is 5.41. The van der Waals surface area contributed by atoms with Crippen molar-refractivity contribution in [1.29, 1.82) is 0 Å². The molecule has 124 valence electrons. The van der Waals surface area contributed by atoms with E-state index in [9.17, 15) is 4.79 Å². The van der Waals surface area contributed by atoms with Crippen LogP contribution in [-0.4, -0.2) is 35.8 Å². The van der Waals surface area contributed by atoms with Gasteiger partial charge in [0.25, 0.3) is 0 Å². The maximum atomic E-state index is 12.4. The van der Waals surface area contributed by atoms with Gasteiger partial charge in [0.15, 0.2) is 0 Å². The Balaban J connectivity index is 1.57. The molecule has 0 aliphatic carbocycles. The maximum absolute atomic E-state index is 12.4. The first kappa shape index (κ1) is 14.8. The molecule has 3 heterocycles. The molecule has 0 spiro atoms. The third kappa shape index (κ3) is 2.47. The molecule has 23 heavy (non-hydrogen) atoms. The van der Waals surface area contributed by atoms with E-state index in [1.807, 2.05) is 10.7 Å². The highest BCUT2D eigenvalue weighted by Gasteiger charge is 2.38. The van der Waals surface area contributed by atoms with E-state index in [0.717, 1.165) is 43.1 Å². The average Bonchev–Trinajstić information content (AvgIpc) is 3.11. The number of hydrogen-bond donors (Lipinski definition) is 2. The second-order valence-corrected chi connectivity index (χ2v) is 7.57. The van der Waals surface area contributed by atoms with E-state index in [1.54, 1.807) is 0 Å². The van der Waals surface area contributed by atoms with Gasteiger partial charge in [-0.3, -0.25) is 0 Å². The van der Waals surface area contributed by atoms with Gasteiger partial charge in [0.05, 0.1) is 11.0 Å². The number of rotatable bonds is 2. The summed E-state index contributed by atoms with van der Waals surface area (Å²) in [6.07, 6.45) is 3.62. The Morgan fingerprint density at radius 3 is 2.74 bits per heavy atom. The number of piperidine rings is 1. The topological polar surface area (TPSA) is 53.1 Å². The Morgan fingerprint density at radius 2 is 2.04 bits per heavy atom. The minimum Gasteiger partial charge on any atom is -0.316 e. The van der Waals surface area contributed by atoms with E-state index in [-0.39, 0.29) is 5.69 Å². The molecule has 2 N–H and O–H groups in total. The first-order chi connectivity index (χ1) is 11.1. The highest BCUT2D eigenvalue weighted by molar-refractivity contribution is 5.76. The lowest BCUT2D eigenvalue weighted by Crippen LogP contribution is -2.48. The Labute approximate surface area is 136 Å². The highest BCUT2D eigenvalue weighted by Crippen LogP contribution is 2.39. The molecule has 0 bridgehead atoms. The molecule has 2 aromatic rings. The van der Waals surface area contributed by atoms with Gasteiger partial charge in [0.2, 0.25) is 0 Å². The van der Waals surface area contributed by atoms with E-state index < -0.39 is 0 Å². The van der Waals surface area contributed by atoms with Gasteiger partial charge < -0.3 is 15.3 Å². The number of hydrogen-bond acceptors (Lipinski definition) is 3. The van der Waals surface area contributed by atoms with Crippen LogP contribution in [0.15, 0.2) is 23.0 Å². The fraction of sp³-hybridized carbons (Fsp3) is 0.611. The number of H-pyrrole nitrogens is 1. The largest absolute Gasteiger partial charge is 0.345 e. The van der Waals surface area contributed by atoms with E-state index in [2.05, 4.69) is 41.3 Å². The van der Waals surface area contributed by atoms with Crippen molar-refractivity contribution < 1.29 is 0 Å². The van der Waals surface area contributed by atoms with Crippen LogP contribution in [-0.2, 0) is 0 Å². The number of fused-ring (bicyclic) bond motifs is 1. The van der Waals surface area contributed by atoms with Crippen molar-refractivity contribution in [3.8, 4) is 0 Å². The number of aromatic amines is 1. The molecule has 5 heteroatoms.